The topological polar surface area (TPSA) is 42.1 Å². The van der Waals surface area contributed by atoms with Crippen LogP contribution in [0.4, 0.5) is 0 Å². The molecule has 0 aliphatic heterocycles. The van der Waals surface area contributed by atoms with Crippen LogP contribution in [-0.4, -0.2) is 17.9 Å². The summed E-state index contributed by atoms with van der Waals surface area (Å²) in [5, 5.41) is 0.912. The standard InChI is InChI=1S/C17H23NO2/c1-4-6-8-12(5-2)17(19)13-11-18-14-9-7-10-15(20-3)16(13)14/h7,9-12,18H,4-6,8H2,1-3H3. The number of ether oxygens (including phenoxy) is 1. The Balaban J connectivity index is 2.39. The highest BCUT2D eigenvalue weighted by atomic mass is 16.5. The normalized spacial score (nSPS) is 12.6. The molecule has 2 rings (SSSR count). The smallest absolute Gasteiger partial charge is 0.168 e. The molecule has 0 aliphatic rings. The number of unbranched alkanes of at least 4 members (excludes halogenated alkanes) is 1. The van der Waals surface area contributed by atoms with Crippen molar-refractivity contribution in [1.82, 2.24) is 4.98 Å². The van der Waals surface area contributed by atoms with E-state index in [4.69, 9.17) is 4.74 Å². The molecule has 108 valence electrons. The molecule has 0 fully saturated rings. The summed E-state index contributed by atoms with van der Waals surface area (Å²) in [6, 6.07) is 5.81. The maximum atomic E-state index is 12.7. The fourth-order valence-corrected chi connectivity index (χ4v) is 2.71. The van der Waals surface area contributed by atoms with Gasteiger partial charge in [-0.25, -0.2) is 0 Å². The van der Waals surface area contributed by atoms with Gasteiger partial charge in [-0.15, -0.1) is 0 Å². The van der Waals surface area contributed by atoms with Crippen LogP contribution in [0.3, 0.4) is 0 Å². The van der Waals surface area contributed by atoms with Crippen molar-refractivity contribution in [2.75, 3.05) is 7.11 Å². The van der Waals surface area contributed by atoms with Crippen LogP contribution in [0.25, 0.3) is 10.9 Å². The third kappa shape index (κ3) is 2.72. The number of aromatic amines is 1. The maximum Gasteiger partial charge on any atom is 0.168 e. The summed E-state index contributed by atoms with van der Waals surface area (Å²) in [5.41, 5.74) is 1.72. The zero-order chi connectivity index (χ0) is 14.5. The molecule has 1 aromatic carbocycles. The second-order valence-corrected chi connectivity index (χ2v) is 5.20. The van der Waals surface area contributed by atoms with Crippen molar-refractivity contribution < 1.29 is 9.53 Å². The molecule has 1 heterocycles. The van der Waals surface area contributed by atoms with E-state index in [1.54, 1.807) is 7.11 Å². The Morgan fingerprint density at radius 2 is 2.15 bits per heavy atom. The third-order valence-electron chi connectivity index (χ3n) is 3.92. The lowest BCUT2D eigenvalue weighted by Crippen LogP contribution is -2.13. The van der Waals surface area contributed by atoms with E-state index in [-0.39, 0.29) is 11.7 Å². The number of methoxy groups -OCH3 is 1. The predicted octanol–water partition coefficient (Wildman–Crippen LogP) is 4.58. The average molecular weight is 273 g/mol. The van der Waals surface area contributed by atoms with E-state index in [0.717, 1.165) is 47.9 Å². The molecule has 3 nitrogen and oxygen atoms in total. The van der Waals surface area contributed by atoms with Crippen LogP contribution in [0, 0.1) is 5.92 Å². The molecule has 0 radical (unpaired) electrons. The van der Waals surface area contributed by atoms with Gasteiger partial charge in [-0.1, -0.05) is 32.8 Å². The van der Waals surface area contributed by atoms with Gasteiger partial charge in [0.15, 0.2) is 5.78 Å². The Labute approximate surface area is 120 Å². The first-order valence-corrected chi connectivity index (χ1v) is 7.41. The number of fused-ring (bicyclic) bond motifs is 1. The van der Waals surface area contributed by atoms with Crippen LogP contribution >= 0.6 is 0 Å². The number of aromatic nitrogens is 1. The van der Waals surface area contributed by atoms with Gasteiger partial charge in [-0.3, -0.25) is 4.79 Å². The summed E-state index contributed by atoms with van der Waals surface area (Å²) in [4.78, 5) is 15.9. The molecule has 0 saturated heterocycles. The number of carbonyl (C=O) groups excluding carboxylic acids is 1. The zero-order valence-corrected chi connectivity index (χ0v) is 12.5. The number of benzene rings is 1. The monoisotopic (exact) mass is 273 g/mol. The first-order valence-electron chi connectivity index (χ1n) is 7.41. The van der Waals surface area contributed by atoms with E-state index in [0.29, 0.717) is 0 Å². The Bertz CT molecular complexity index is 586. The van der Waals surface area contributed by atoms with Gasteiger partial charge in [-0.2, -0.15) is 0 Å². The molecule has 0 aliphatic carbocycles. The summed E-state index contributed by atoms with van der Waals surface area (Å²) in [6.07, 6.45) is 5.91. The SMILES string of the molecule is CCCCC(CC)C(=O)c1c[nH]c2cccc(OC)c12. The second-order valence-electron chi connectivity index (χ2n) is 5.20. The summed E-state index contributed by atoms with van der Waals surface area (Å²) in [7, 11) is 1.64. The predicted molar refractivity (Wildman–Crippen MR) is 82.5 cm³/mol. The number of ketones is 1. The van der Waals surface area contributed by atoms with Crippen LogP contribution in [0.15, 0.2) is 24.4 Å². The van der Waals surface area contributed by atoms with Gasteiger partial charge in [0.2, 0.25) is 0 Å². The van der Waals surface area contributed by atoms with Crippen molar-refractivity contribution in [2.24, 2.45) is 5.92 Å². The number of nitrogens with one attached hydrogen (secondary N) is 1. The summed E-state index contributed by atoms with van der Waals surface area (Å²) >= 11 is 0. The molecule has 1 N–H and O–H groups in total. The van der Waals surface area contributed by atoms with Crippen molar-refractivity contribution in [1.29, 1.82) is 0 Å². The molecule has 1 aromatic heterocycles. The first-order chi connectivity index (χ1) is 9.72. The Kier molecular flexibility index (Phi) is 4.83. The molecule has 1 atom stereocenters. The Hall–Kier alpha value is -1.77. The fourth-order valence-electron chi connectivity index (χ4n) is 2.71. The van der Waals surface area contributed by atoms with E-state index in [1.165, 1.54) is 0 Å². The molecule has 0 bridgehead atoms. The maximum absolute atomic E-state index is 12.7. The van der Waals surface area contributed by atoms with Crippen LogP contribution < -0.4 is 4.74 Å². The molecule has 1 unspecified atom stereocenters. The third-order valence-corrected chi connectivity index (χ3v) is 3.92. The van der Waals surface area contributed by atoms with Gasteiger partial charge in [0.25, 0.3) is 0 Å². The number of hydrogen-bond acceptors (Lipinski definition) is 2. The highest BCUT2D eigenvalue weighted by Gasteiger charge is 2.22. The second kappa shape index (κ2) is 6.60. The van der Waals surface area contributed by atoms with Crippen LogP contribution in [0.5, 0.6) is 5.75 Å². The summed E-state index contributed by atoms with van der Waals surface area (Å²) in [5.74, 6) is 1.10. The van der Waals surface area contributed by atoms with Gasteiger partial charge < -0.3 is 9.72 Å². The summed E-state index contributed by atoms with van der Waals surface area (Å²) in [6.45, 7) is 4.25. The molecule has 0 spiro atoms. The number of Topliss-reactive ketones (excluding diaryl/α,β-unsaturated/α-hetero) is 1. The number of rotatable bonds is 7. The lowest BCUT2D eigenvalue weighted by atomic mass is 9.90. The van der Waals surface area contributed by atoms with Crippen molar-refractivity contribution >= 4 is 16.7 Å². The largest absolute Gasteiger partial charge is 0.496 e. The minimum atomic E-state index is 0.110. The first kappa shape index (κ1) is 14.6. The molecule has 20 heavy (non-hydrogen) atoms. The quantitative estimate of drug-likeness (QED) is 0.750. The molecular weight excluding hydrogens is 250 g/mol. The Morgan fingerprint density at radius 3 is 2.80 bits per heavy atom. The number of hydrogen-bond donors (Lipinski definition) is 1. The van der Waals surface area contributed by atoms with Crippen LogP contribution in [0.1, 0.15) is 49.9 Å². The average Bonchev–Trinajstić information content (AvgIpc) is 2.91. The minimum absolute atomic E-state index is 0.110. The molecule has 0 saturated carbocycles. The highest BCUT2D eigenvalue weighted by molar-refractivity contribution is 6.10. The van der Waals surface area contributed by atoms with Gasteiger partial charge in [-0.05, 0) is 25.0 Å². The van der Waals surface area contributed by atoms with Crippen molar-refractivity contribution in [2.45, 2.75) is 39.5 Å². The zero-order valence-electron chi connectivity index (χ0n) is 12.5. The minimum Gasteiger partial charge on any atom is -0.496 e. The van der Waals surface area contributed by atoms with E-state index in [9.17, 15) is 4.79 Å². The van der Waals surface area contributed by atoms with Gasteiger partial charge in [0.05, 0.1) is 12.5 Å². The van der Waals surface area contributed by atoms with E-state index in [1.807, 2.05) is 24.4 Å². The van der Waals surface area contributed by atoms with Crippen LogP contribution in [0.2, 0.25) is 0 Å². The van der Waals surface area contributed by atoms with E-state index >= 15 is 0 Å². The molecule has 3 heteroatoms. The molecule has 0 amide bonds. The van der Waals surface area contributed by atoms with E-state index in [2.05, 4.69) is 18.8 Å². The van der Waals surface area contributed by atoms with Gasteiger partial charge in [0, 0.05) is 23.2 Å². The molecule has 2 aromatic rings. The Morgan fingerprint density at radius 1 is 1.35 bits per heavy atom. The van der Waals surface area contributed by atoms with Crippen molar-refractivity contribution in [3.8, 4) is 5.75 Å². The van der Waals surface area contributed by atoms with E-state index < -0.39 is 0 Å². The molecular formula is C17H23NO2. The van der Waals surface area contributed by atoms with Crippen molar-refractivity contribution in [3.63, 3.8) is 0 Å². The van der Waals surface area contributed by atoms with Gasteiger partial charge >= 0.3 is 0 Å². The summed E-state index contributed by atoms with van der Waals surface area (Å²) < 4.78 is 5.40. The number of carbonyl (C=O) groups is 1. The van der Waals surface area contributed by atoms with Crippen LogP contribution in [-0.2, 0) is 0 Å². The lowest BCUT2D eigenvalue weighted by molar-refractivity contribution is 0.0910. The van der Waals surface area contributed by atoms with Crippen molar-refractivity contribution in [3.05, 3.63) is 30.0 Å². The van der Waals surface area contributed by atoms with Gasteiger partial charge in [0.1, 0.15) is 5.75 Å². The highest BCUT2D eigenvalue weighted by Crippen LogP contribution is 2.31. The lowest BCUT2D eigenvalue weighted by Gasteiger charge is -2.13. The number of H-pyrrole nitrogens is 1. The fraction of sp³-hybridized carbons (Fsp3) is 0.471.